The van der Waals surface area contributed by atoms with E-state index in [1.807, 2.05) is 0 Å². The van der Waals surface area contributed by atoms with Gasteiger partial charge in [-0.15, -0.1) is 0 Å². The van der Waals surface area contributed by atoms with Crippen LogP contribution in [0.5, 0.6) is 5.75 Å². The van der Waals surface area contributed by atoms with Gasteiger partial charge in [-0.2, -0.15) is 0 Å². The van der Waals surface area contributed by atoms with Gasteiger partial charge in [0, 0.05) is 23.1 Å². The molecule has 5 nitrogen and oxygen atoms in total. The van der Waals surface area contributed by atoms with Crippen molar-refractivity contribution in [2.45, 2.75) is 12.8 Å². The van der Waals surface area contributed by atoms with E-state index < -0.39 is 6.09 Å². The molecule has 1 aliphatic rings. The van der Waals surface area contributed by atoms with E-state index in [1.165, 1.54) is 11.0 Å². The van der Waals surface area contributed by atoms with Crippen LogP contribution >= 0.6 is 15.9 Å². The van der Waals surface area contributed by atoms with Crippen LogP contribution in [0.3, 0.4) is 0 Å². The molecule has 25 heavy (non-hydrogen) atoms. The second kappa shape index (κ2) is 7.82. The molecule has 1 N–H and O–H groups in total. The zero-order chi connectivity index (χ0) is 17.8. The van der Waals surface area contributed by atoms with Gasteiger partial charge in [-0.25, -0.2) is 9.18 Å². The van der Waals surface area contributed by atoms with Crippen molar-refractivity contribution >= 4 is 22.0 Å². The Morgan fingerprint density at radius 3 is 2.68 bits per heavy atom. The molecular weight excluding hydrogens is 391 g/mol. The van der Waals surface area contributed by atoms with E-state index in [9.17, 15) is 9.18 Å². The molecule has 0 unspecified atom stereocenters. The molecule has 0 spiro atoms. The molecule has 3 rings (SSSR count). The molecule has 1 aromatic heterocycles. The average Bonchev–Trinajstić information content (AvgIpc) is 2.61. The molecule has 1 saturated heterocycles. The third-order valence-corrected chi connectivity index (χ3v) is 4.81. The van der Waals surface area contributed by atoms with Crippen molar-refractivity contribution in [1.29, 1.82) is 0 Å². The highest BCUT2D eigenvalue weighted by atomic mass is 79.9. The predicted molar refractivity (Wildman–Crippen MR) is 95.1 cm³/mol. The van der Waals surface area contributed by atoms with Gasteiger partial charge in [0.15, 0.2) is 0 Å². The Bertz CT molecular complexity index is 746. The molecule has 2 aromatic rings. The number of ether oxygens (including phenoxy) is 1. The van der Waals surface area contributed by atoms with Gasteiger partial charge in [0.05, 0.1) is 18.5 Å². The summed E-state index contributed by atoms with van der Waals surface area (Å²) in [6, 6.07) is 8.36. The fourth-order valence-electron chi connectivity index (χ4n) is 2.83. The van der Waals surface area contributed by atoms with Gasteiger partial charge in [0.25, 0.3) is 0 Å². The topological polar surface area (TPSA) is 62.7 Å². The van der Waals surface area contributed by atoms with Crippen LogP contribution in [0.25, 0.3) is 11.3 Å². The molecule has 132 valence electrons. The summed E-state index contributed by atoms with van der Waals surface area (Å²) >= 11 is 3.23. The number of likely N-dealkylation sites (tertiary alicyclic amines) is 1. The number of hydrogen-bond acceptors (Lipinski definition) is 3. The van der Waals surface area contributed by atoms with Crippen LogP contribution in [0.1, 0.15) is 12.8 Å². The van der Waals surface area contributed by atoms with Crippen molar-refractivity contribution in [3.63, 3.8) is 0 Å². The first-order valence-corrected chi connectivity index (χ1v) is 8.84. The van der Waals surface area contributed by atoms with Crippen molar-refractivity contribution in [2.75, 3.05) is 19.7 Å². The lowest BCUT2D eigenvalue weighted by Crippen LogP contribution is -2.38. The first-order chi connectivity index (χ1) is 12.0. The van der Waals surface area contributed by atoms with Gasteiger partial charge in [0.1, 0.15) is 11.6 Å². The standard InChI is InChI=1S/C18H18BrFN2O3/c19-13-1-3-15(16(20)9-13)17-4-2-14(10-21-17)25-11-12-5-7-22(8-6-12)18(23)24/h1-4,9-10,12H,5-8,11H2,(H,23,24). The number of carboxylic acid groups (broad SMARTS) is 1. The van der Waals surface area contributed by atoms with Gasteiger partial charge in [0.2, 0.25) is 0 Å². The lowest BCUT2D eigenvalue weighted by atomic mass is 9.98. The number of amides is 1. The van der Waals surface area contributed by atoms with E-state index >= 15 is 0 Å². The summed E-state index contributed by atoms with van der Waals surface area (Å²) in [6.07, 6.45) is 2.31. The Labute approximate surface area is 153 Å². The van der Waals surface area contributed by atoms with E-state index in [0.717, 1.165) is 12.8 Å². The molecule has 0 bridgehead atoms. The monoisotopic (exact) mass is 408 g/mol. The highest BCUT2D eigenvalue weighted by molar-refractivity contribution is 9.10. The van der Waals surface area contributed by atoms with Crippen LogP contribution in [0.15, 0.2) is 41.0 Å². The lowest BCUT2D eigenvalue weighted by Gasteiger charge is -2.29. The Hall–Kier alpha value is -2.15. The van der Waals surface area contributed by atoms with Crippen LogP contribution in [0, 0.1) is 11.7 Å². The van der Waals surface area contributed by atoms with E-state index in [2.05, 4.69) is 20.9 Å². The van der Waals surface area contributed by atoms with Gasteiger partial charge in [-0.3, -0.25) is 4.98 Å². The highest BCUT2D eigenvalue weighted by Gasteiger charge is 2.22. The second-order valence-electron chi connectivity index (χ2n) is 6.03. The molecule has 1 aromatic carbocycles. The average molecular weight is 409 g/mol. The molecule has 0 atom stereocenters. The van der Waals surface area contributed by atoms with Crippen molar-refractivity contribution in [1.82, 2.24) is 9.88 Å². The Balaban J connectivity index is 1.56. The Kier molecular flexibility index (Phi) is 5.53. The minimum absolute atomic E-state index is 0.333. The fourth-order valence-corrected chi connectivity index (χ4v) is 3.16. The highest BCUT2D eigenvalue weighted by Crippen LogP contribution is 2.25. The number of carbonyl (C=O) groups is 1. The molecule has 1 fully saturated rings. The number of piperidine rings is 1. The van der Waals surface area contributed by atoms with Gasteiger partial charge < -0.3 is 14.7 Å². The number of nitrogens with zero attached hydrogens (tertiary/aromatic N) is 2. The third kappa shape index (κ3) is 4.48. The number of benzene rings is 1. The maximum absolute atomic E-state index is 14.0. The molecule has 1 aliphatic heterocycles. The van der Waals surface area contributed by atoms with Gasteiger partial charge in [-0.1, -0.05) is 15.9 Å². The smallest absolute Gasteiger partial charge is 0.407 e. The van der Waals surface area contributed by atoms with Gasteiger partial charge >= 0.3 is 6.09 Å². The summed E-state index contributed by atoms with van der Waals surface area (Å²) in [5.41, 5.74) is 0.989. The minimum Gasteiger partial charge on any atom is -0.492 e. The zero-order valence-corrected chi connectivity index (χ0v) is 15.1. The molecule has 1 amide bonds. The van der Waals surface area contributed by atoms with Crippen molar-refractivity contribution < 1.29 is 19.0 Å². The van der Waals surface area contributed by atoms with Gasteiger partial charge in [-0.05, 0) is 49.1 Å². The maximum atomic E-state index is 14.0. The molecular formula is C18H18BrFN2O3. The summed E-state index contributed by atoms with van der Waals surface area (Å²) in [5.74, 6) is 0.627. The summed E-state index contributed by atoms with van der Waals surface area (Å²) in [7, 11) is 0. The number of rotatable bonds is 4. The molecule has 0 radical (unpaired) electrons. The van der Waals surface area contributed by atoms with Crippen molar-refractivity contribution in [2.24, 2.45) is 5.92 Å². The minimum atomic E-state index is -0.862. The van der Waals surface area contributed by atoms with Crippen LogP contribution < -0.4 is 4.74 Å². The second-order valence-corrected chi connectivity index (χ2v) is 6.94. The maximum Gasteiger partial charge on any atom is 0.407 e. The van der Waals surface area contributed by atoms with Crippen LogP contribution in [0.4, 0.5) is 9.18 Å². The number of pyridine rings is 1. The van der Waals surface area contributed by atoms with Crippen LogP contribution in [-0.2, 0) is 0 Å². The summed E-state index contributed by atoms with van der Waals surface area (Å²) in [4.78, 5) is 16.6. The summed E-state index contributed by atoms with van der Waals surface area (Å²) in [6.45, 7) is 1.62. The van der Waals surface area contributed by atoms with Crippen LogP contribution in [-0.4, -0.2) is 40.8 Å². The first-order valence-electron chi connectivity index (χ1n) is 8.05. The summed E-state index contributed by atoms with van der Waals surface area (Å²) < 4.78 is 20.4. The van der Waals surface area contributed by atoms with E-state index in [1.54, 1.807) is 30.5 Å². The number of halogens is 2. The lowest BCUT2D eigenvalue weighted by molar-refractivity contribution is 0.111. The Morgan fingerprint density at radius 1 is 1.32 bits per heavy atom. The molecule has 0 aliphatic carbocycles. The largest absolute Gasteiger partial charge is 0.492 e. The SMILES string of the molecule is O=C(O)N1CCC(COc2ccc(-c3ccc(Br)cc3F)nc2)CC1. The third-order valence-electron chi connectivity index (χ3n) is 4.31. The fraction of sp³-hybridized carbons (Fsp3) is 0.333. The van der Waals surface area contributed by atoms with E-state index in [-0.39, 0.29) is 5.82 Å². The first kappa shape index (κ1) is 17.7. The predicted octanol–water partition coefficient (Wildman–Crippen LogP) is 4.42. The number of aromatic nitrogens is 1. The normalized spacial score (nSPS) is 15.2. The summed E-state index contributed by atoms with van der Waals surface area (Å²) in [5, 5.41) is 8.94. The molecule has 7 heteroatoms. The van der Waals surface area contributed by atoms with Crippen molar-refractivity contribution in [3.05, 3.63) is 46.8 Å². The zero-order valence-electron chi connectivity index (χ0n) is 13.5. The van der Waals surface area contributed by atoms with Crippen LogP contribution in [0.2, 0.25) is 0 Å². The molecule has 0 saturated carbocycles. The van der Waals surface area contributed by atoms with Crippen molar-refractivity contribution in [3.8, 4) is 17.0 Å². The van der Waals surface area contributed by atoms with E-state index in [0.29, 0.717) is 47.1 Å². The quantitative estimate of drug-likeness (QED) is 0.812. The van der Waals surface area contributed by atoms with E-state index in [4.69, 9.17) is 9.84 Å². The Morgan fingerprint density at radius 2 is 2.08 bits per heavy atom. The number of hydrogen-bond donors (Lipinski definition) is 1. The molecule has 2 heterocycles.